The Morgan fingerprint density at radius 2 is 1.70 bits per heavy atom. The second-order valence-electron chi connectivity index (χ2n) is 6.76. The number of thioether (sulfide) groups is 1. The lowest BCUT2D eigenvalue weighted by molar-refractivity contribution is -0.115. The second-order valence-corrected chi connectivity index (χ2v) is 7.86. The first kappa shape index (κ1) is 19.5. The molecule has 2 amide bonds. The number of carbonyl (C=O) groups is 2. The lowest BCUT2D eigenvalue weighted by Crippen LogP contribution is -2.49. The highest BCUT2D eigenvalue weighted by Crippen LogP contribution is 2.24. The summed E-state index contributed by atoms with van der Waals surface area (Å²) in [5, 5.41) is 3.03. The van der Waals surface area contributed by atoms with Crippen LogP contribution >= 0.6 is 11.8 Å². The first-order valence-electron chi connectivity index (χ1n) is 9.57. The van der Waals surface area contributed by atoms with Crippen LogP contribution in [0.15, 0.2) is 60.7 Å². The van der Waals surface area contributed by atoms with E-state index < -0.39 is 0 Å². The van der Waals surface area contributed by atoms with Crippen molar-refractivity contribution < 1.29 is 9.59 Å². The first-order valence-corrected chi connectivity index (χ1v) is 10.6. The molecule has 0 spiro atoms. The molecule has 2 aromatic rings. The SMILES string of the molecule is O=C(SCCCc1ccccc1)C1CCCCN1C(=O)Nc1ccccc1. The number of rotatable bonds is 6. The van der Waals surface area contributed by atoms with Gasteiger partial charge in [-0.05, 0) is 49.8 Å². The molecule has 2 aromatic carbocycles. The predicted molar refractivity (Wildman–Crippen MR) is 112 cm³/mol. The Kier molecular flexibility index (Phi) is 7.34. The minimum atomic E-state index is -0.316. The third-order valence-corrected chi connectivity index (χ3v) is 5.81. The molecule has 142 valence electrons. The number of aryl methyl sites for hydroxylation is 1. The Balaban J connectivity index is 1.49. The van der Waals surface area contributed by atoms with Gasteiger partial charge >= 0.3 is 6.03 Å². The number of hydrogen-bond donors (Lipinski definition) is 1. The van der Waals surface area contributed by atoms with Crippen LogP contribution in [-0.4, -0.2) is 34.4 Å². The van der Waals surface area contributed by atoms with Gasteiger partial charge in [-0.15, -0.1) is 0 Å². The average Bonchev–Trinajstić information content (AvgIpc) is 2.72. The van der Waals surface area contributed by atoms with E-state index in [4.69, 9.17) is 0 Å². The molecule has 0 aliphatic carbocycles. The number of benzene rings is 2. The Labute approximate surface area is 165 Å². The highest BCUT2D eigenvalue weighted by atomic mass is 32.2. The number of amides is 2. The fraction of sp³-hybridized carbons (Fsp3) is 0.364. The number of para-hydroxylation sites is 1. The van der Waals surface area contributed by atoms with Gasteiger partial charge in [-0.2, -0.15) is 0 Å². The zero-order valence-electron chi connectivity index (χ0n) is 15.5. The average molecular weight is 383 g/mol. The Bertz CT molecular complexity index is 736. The van der Waals surface area contributed by atoms with Crippen molar-refractivity contribution in [2.75, 3.05) is 17.6 Å². The van der Waals surface area contributed by atoms with Gasteiger partial charge in [0, 0.05) is 18.0 Å². The molecule has 0 aromatic heterocycles. The molecule has 4 nitrogen and oxygen atoms in total. The van der Waals surface area contributed by atoms with Gasteiger partial charge in [0.25, 0.3) is 0 Å². The summed E-state index contributed by atoms with van der Waals surface area (Å²) in [6, 6.07) is 19.2. The summed E-state index contributed by atoms with van der Waals surface area (Å²) >= 11 is 1.37. The zero-order chi connectivity index (χ0) is 18.9. The normalized spacial score (nSPS) is 16.7. The van der Waals surface area contributed by atoms with Crippen LogP contribution < -0.4 is 5.32 Å². The highest BCUT2D eigenvalue weighted by molar-refractivity contribution is 8.13. The monoisotopic (exact) mass is 382 g/mol. The predicted octanol–water partition coefficient (Wildman–Crippen LogP) is 4.97. The maximum absolute atomic E-state index is 12.7. The molecule has 1 N–H and O–H groups in total. The molecule has 0 saturated carbocycles. The molecule has 1 fully saturated rings. The molecule has 0 radical (unpaired) electrons. The molecule has 1 heterocycles. The minimum absolute atomic E-state index is 0.117. The Morgan fingerprint density at radius 1 is 1.00 bits per heavy atom. The maximum atomic E-state index is 12.7. The summed E-state index contributed by atoms with van der Waals surface area (Å²) in [6.45, 7) is 0.639. The summed E-state index contributed by atoms with van der Waals surface area (Å²) in [5.41, 5.74) is 2.06. The van der Waals surface area contributed by atoms with Crippen LogP contribution in [0.1, 0.15) is 31.2 Å². The molecule has 27 heavy (non-hydrogen) atoms. The van der Waals surface area contributed by atoms with Crippen LogP contribution in [0.3, 0.4) is 0 Å². The van der Waals surface area contributed by atoms with E-state index in [1.165, 1.54) is 17.3 Å². The van der Waals surface area contributed by atoms with Gasteiger partial charge in [0.1, 0.15) is 6.04 Å². The van der Waals surface area contributed by atoms with Crippen LogP contribution in [0, 0.1) is 0 Å². The summed E-state index contributed by atoms with van der Waals surface area (Å²) in [7, 11) is 0. The van der Waals surface area contributed by atoms with E-state index >= 15 is 0 Å². The van der Waals surface area contributed by atoms with E-state index in [9.17, 15) is 9.59 Å². The Hall–Kier alpha value is -2.27. The van der Waals surface area contributed by atoms with Crippen molar-refractivity contribution in [1.29, 1.82) is 0 Å². The number of urea groups is 1. The molecule has 1 unspecified atom stereocenters. The van der Waals surface area contributed by atoms with Crippen molar-refractivity contribution in [3.63, 3.8) is 0 Å². The van der Waals surface area contributed by atoms with Crippen LogP contribution in [0.5, 0.6) is 0 Å². The molecule has 0 bridgehead atoms. The van der Waals surface area contributed by atoms with Crippen LogP contribution in [-0.2, 0) is 11.2 Å². The largest absolute Gasteiger partial charge is 0.322 e. The van der Waals surface area contributed by atoms with Gasteiger partial charge in [0.05, 0.1) is 0 Å². The van der Waals surface area contributed by atoms with E-state index in [1.54, 1.807) is 4.90 Å². The van der Waals surface area contributed by atoms with Crippen molar-refractivity contribution in [2.45, 2.75) is 38.1 Å². The smallest absolute Gasteiger partial charge is 0.314 e. The molecule has 1 aliphatic rings. The van der Waals surface area contributed by atoms with Crippen molar-refractivity contribution in [1.82, 2.24) is 4.90 Å². The molecule has 3 rings (SSSR count). The van der Waals surface area contributed by atoms with Gasteiger partial charge in [0.2, 0.25) is 5.12 Å². The Morgan fingerprint density at radius 3 is 2.44 bits per heavy atom. The molecule has 1 aliphatic heterocycles. The van der Waals surface area contributed by atoms with Crippen LogP contribution in [0.25, 0.3) is 0 Å². The van der Waals surface area contributed by atoms with E-state index in [1.807, 2.05) is 48.5 Å². The second kappa shape index (κ2) is 10.2. The number of nitrogens with zero attached hydrogens (tertiary/aromatic N) is 1. The highest BCUT2D eigenvalue weighted by Gasteiger charge is 2.32. The molecule has 1 saturated heterocycles. The van der Waals surface area contributed by atoms with E-state index in [0.717, 1.165) is 43.5 Å². The van der Waals surface area contributed by atoms with Gasteiger partial charge in [-0.25, -0.2) is 4.79 Å². The lowest BCUT2D eigenvalue weighted by Gasteiger charge is -2.34. The van der Waals surface area contributed by atoms with Crippen molar-refractivity contribution >= 4 is 28.6 Å². The molecule has 1 atom stereocenters. The van der Waals surface area contributed by atoms with Crippen LogP contribution in [0.4, 0.5) is 10.5 Å². The lowest BCUT2D eigenvalue weighted by atomic mass is 10.0. The molecular weight excluding hydrogens is 356 g/mol. The van der Waals surface area contributed by atoms with E-state index in [2.05, 4.69) is 17.4 Å². The number of carbonyl (C=O) groups excluding carboxylic acids is 2. The zero-order valence-corrected chi connectivity index (χ0v) is 16.3. The van der Waals surface area contributed by atoms with Gasteiger partial charge in [-0.1, -0.05) is 60.3 Å². The molecular formula is C22H26N2O2S. The summed E-state index contributed by atoms with van der Waals surface area (Å²) in [5.74, 6) is 0.790. The minimum Gasteiger partial charge on any atom is -0.314 e. The third-order valence-electron chi connectivity index (χ3n) is 4.76. The number of likely N-dealkylation sites (tertiary alicyclic amines) is 1. The van der Waals surface area contributed by atoms with Crippen molar-refractivity contribution in [2.24, 2.45) is 0 Å². The quantitative estimate of drug-likeness (QED) is 0.718. The topological polar surface area (TPSA) is 49.4 Å². The number of nitrogens with one attached hydrogen (secondary N) is 1. The number of piperidine rings is 1. The molecule has 5 heteroatoms. The van der Waals surface area contributed by atoms with E-state index in [0.29, 0.717) is 6.54 Å². The summed E-state index contributed by atoms with van der Waals surface area (Å²) in [6.07, 6.45) is 4.64. The standard InChI is InChI=1S/C22H26N2O2S/c25-21(27-17-9-12-18-10-3-1-4-11-18)20-15-7-8-16-24(20)22(26)23-19-13-5-2-6-14-19/h1-6,10-11,13-14,20H,7-9,12,15-17H2,(H,23,26). The fourth-order valence-corrected chi connectivity index (χ4v) is 4.25. The van der Waals surface area contributed by atoms with Gasteiger partial charge in [-0.3, -0.25) is 4.79 Å². The third kappa shape index (κ3) is 5.86. The van der Waals surface area contributed by atoms with Crippen LogP contribution in [0.2, 0.25) is 0 Å². The number of hydrogen-bond acceptors (Lipinski definition) is 3. The fourth-order valence-electron chi connectivity index (χ4n) is 3.33. The maximum Gasteiger partial charge on any atom is 0.322 e. The van der Waals surface area contributed by atoms with Crippen molar-refractivity contribution in [3.05, 3.63) is 66.2 Å². The summed E-state index contributed by atoms with van der Waals surface area (Å²) < 4.78 is 0. The number of anilines is 1. The van der Waals surface area contributed by atoms with E-state index in [-0.39, 0.29) is 17.2 Å². The van der Waals surface area contributed by atoms with Crippen molar-refractivity contribution in [3.8, 4) is 0 Å². The van der Waals surface area contributed by atoms with Gasteiger partial charge in [0.15, 0.2) is 0 Å². The van der Waals surface area contributed by atoms with Gasteiger partial charge < -0.3 is 10.2 Å². The summed E-state index contributed by atoms with van der Waals surface area (Å²) in [4.78, 5) is 27.1. The first-order chi connectivity index (χ1) is 13.2.